The quantitative estimate of drug-likeness (QED) is 0.419. The number of carboxylic acids is 1. The summed E-state index contributed by atoms with van der Waals surface area (Å²) in [6.45, 7) is 11.0. The van der Waals surface area contributed by atoms with E-state index in [0.717, 1.165) is 16.5 Å². The van der Waals surface area contributed by atoms with Crippen LogP contribution in [0.5, 0.6) is 0 Å². The molecule has 1 heterocycles. The Morgan fingerprint density at radius 2 is 1.82 bits per heavy atom. The fourth-order valence-corrected chi connectivity index (χ4v) is 3.96. The molecular formula is C26H38N4O4. The first kappa shape index (κ1) is 27.1. The fourth-order valence-electron chi connectivity index (χ4n) is 3.96. The van der Waals surface area contributed by atoms with E-state index in [0.29, 0.717) is 6.42 Å². The number of aromatic amines is 1. The number of hydrogen-bond donors (Lipinski definition) is 4. The molecule has 5 N–H and O–H groups in total. The molecule has 0 bridgehead atoms. The van der Waals surface area contributed by atoms with Crippen LogP contribution in [0.4, 0.5) is 0 Å². The molecule has 0 aliphatic rings. The number of nitrogens with two attached hydrogens (primary N) is 1. The third-order valence-electron chi connectivity index (χ3n) is 6.09. The Morgan fingerprint density at radius 1 is 1.21 bits per heavy atom. The van der Waals surface area contributed by atoms with Crippen molar-refractivity contribution in [1.82, 2.24) is 15.2 Å². The number of para-hydroxylation sites is 1. The molecule has 0 saturated carbocycles. The number of hydrogen-bond acceptors (Lipinski definition) is 4. The smallest absolute Gasteiger partial charge is 0.331 e. The van der Waals surface area contributed by atoms with E-state index >= 15 is 0 Å². The molecular weight excluding hydrogens is 432 g/mol. The molecule has 0 saturated heterocycles. The molecule has 8 nitrogen and oxygen atoms in total. The monoisotopic (exact) mass is 470 g/mol. The van der Waals surface area contributed by atoms with Gasteiger partial charge in [0.2, 0.25) is 11.8 Å². The summed E-state index contributed by atoms with van der Waals surface area (Å²) in [7, 11) is 1.63. The number of rotatable bonds is 9. The highest BCUT2D eigenvalue weighted by Gasteiger charge is 2.37. The molecule has 2 aromatic rings. The second kappa shape index (κ2) is 10.9. The van der Waals surface area contributed by atoms with Gasteiger partial charge in [-0.15, -0.1) is 0 Å². The maximum Gasteiger partial charge on any atom is 0.331 e. The number of likely N-dealkylation sites (N-methyl/N-ethyl adjacent to an activating group) is 1. The third-order valence-corrected chi connectivity index (χ3v) is 6.09. The SMILES string of the molecule is C/C(=C\[C@H](C(C)C)N(C)C(=O)[C@@H](NC(=O)C(N)Cc1c[nH]c2ccccc12)C(C)(C)C)C(=O)O. The van der Waals surface area contributed by atoms with E-state index in [1.54, 1.807) is 13.1 Å². The van der Waals surface area contributed by atoms with Gasteiger partial charge in [0, 0.05) is 29.7 Å². The van der Waals surface area contributed by atoms with E-state index in [4.69, 9.17) is 5.73 Å². The van der Waals surface area contributed by atoms with Gasteiger partial charge in [-0.05, 0) is 36.3 Å². The minimum atomic E-state index is -1.03. The van der Waals surface area contributed by atoms with E-state index in [1.165, 1.54) is 11.8 Å². The van der Waals surface area contributed by atoms with E-state index < -0.39 is 35.4 Å². The second-order valence-corrected chi connectivity index (χ2v) is 10.3. The molecule has 186 valence electrons. The molecule has 3 atom stereocenters. The van der Waals surface area contributed by atoms with Gasteiger partial charge in [0.15, 0.2) is 0 Å². The van der Waals surface area contributed by atoms with Crippen LogP contribution in [0.1, 0.15) is 47.1 Å². The first-order chi connectivity index (χ1) is 15.7. The maximum atomic E-state index is 13.5. The van der Waals surface area contributed by atoms with Crippen molar-refractivity contribution in [2.24, 2.45) is 17.1 Å². The Morgan fingerprint density at radius 3 is 2.38 bits per heavy atom. The van der Waals surface area contributed by atoms with Crippen molar-refractivity contribution < 1.29 is 19.5 Å². The zero-order valence-corrected chi connectivity index (χ0v) is 21.2. The lowest BCUT2D eigenvalue weighted by molar-refractivity contribution is -0.140. The van der Waals surface area contributed by atoms with Crippen molar-refractivity contribution in [3.05, 3.63) is 47.7 Å². The Hall–Kier alpha value is -3.13. The minimum absolute atomic E-state index is 0.0244. The summed E-state index contributed by atoms with van der Waals surface area (Å²) < 4.78 is 0. The summed E-state index contributed by atoms with van der Waals surface area (Å²) >= 11 is 0. The molecule has 8 heteroatoms. The lowest BCUT2D eigenvalue weighted by atomic mass is 9.84. The van der Waals surface area contributed by atoms with Gasteiger partial charge in [-0.2, -0.15) is 0 Å². The number of H-pyrrole nitrogens is 1. The summed E-state index contributed by atoms with van der Waals surface area (Å²) in [5.41, 5.74) is 7.73. The number of aromatic nitrogens is 1. The van der Waals surface area contributed by atoms with Gasteiger partial charge in [0.05, 0.1) is 12.1 Å². The molecule has 0 aliphatic heterocycles. The summed E-state index contributed by atoms with van der Waals surface area (Å²) in [5, 5.41) is 13.2. The number of carbonyl (C=O) groups excluding carboxylic acids is 2. The normalized spacial score (nSPS) is 15.1. The third kappa shape index (κ3) is 6.47. The van der Waals surface area contributed by atoms with Gasteiger partial charge in [-0.1, -0.05) is 58.9 Å². The van der Waals surface area contributed by atoms with Crippen LogP contribution in [-0.2, 0) is 20.8 Å². The highest BCUT2D eigenvalue weighted by atomic mass is 16.4. The molecule has 0 spiro atoms. The summed E-state index contributed by atoms with van der Waals surface area (Å²) in [4.78, 5) is 42.6. The van der Waals surface area contributed by atoms with Gasteiger partial charge >= 0.3 is 5.97 Å². The zero-order valence-electron chi connectivity index (χ0n) is 21.2. The number of aliphatic carboxylic acids is 1. The molecule has 0 fully saturated rings. The highest BCUT2D eigenvalue weighted by molar-refractivity contribution is 5.91. The van der Waals surface area contributed by atoms with Crippen molar-refractivity contribution >= 4 is 28.7 Å². The minimum Gasteiger partial charge on any atom is -0.478 e. The van der Waals surface area contributed by atoms with Crippen LogP contribution in [0.2, 0.25) is 0 Å². The summed E-state index contributed by atoms with van der Waals surface area (Å²) in [6.07, 6.45) is 3.75. The van der Waals surface area contributed by atoms with Crippen molar-refractivity contribution in [1.29, 1.82) is 0 Å². The lowest BCUT2D eigenvalue weighted by Crippen LogP contribution is -2.58. The Bertz CT molecular complexity index is 1060. The first-order valence-electron chi connectivity index (χ1n) is 11.5. The molecule has 0 aliphatic carbocycles. The molecule has 34 heavy (non-hydrogen) atoms. The predicted molar refractivity (Wildman–Crippen MR) is 134 cm³/mol. The molecule has 1 aromatic heterocycles. The van der Waals surface area contributed by atoms with Crippen LogP contribution in [0, 0.1) is 11.3 Å². The Balaban J connectivity index is 2.22. The summed E-state index contributed by atoms with van der Waals surface area (Å²) in [6, 6.07) is 5.69. The number of fused-ring (bicyclic) bond motifs is 1. The number of benzene rings is 1. The maximum absolute atomic E-state index is 13.5. The fraction of sp³-hybridized carbons (Fsp3) is 0.500. The summed E-state index contributed by atoms with van der Waals surface area (Å²) in [5.74, 6) is -1.77. The number of carbonyl (C=O) groups is 3. The molecule has 2 amide bonds. The molecule has 2 rings (SSSR count). The standard InChI is InChI=1S/C26H38N4O4/c1-15(2)21(12-16(3)25(33)34)30(7)24(32)22(26(4,5)6)29-23(31)19(27)13-17-14-28-20-11-9-8-10-18(17)20/h8-12,14-15,19,21-22,28H,13,27H2,1-7H3,(H,29,31)(H,33,34)/b16-12+/t19?,21-,22-/m1/s1. The van der Waals surface area contributed by atoms with E-state index in [1.807, 2.05) is 65.1 Å². The van der Waals surface area contributed by atoms with Gasteiger partial charge in [-0.3, -0.25) is 9.59 Å². The van der Waals surface area contributed by atoms with Crippen molar-refractivity contribution in [2.75, 3.05) is 7.05 Å². The van der Waals surface area contributed by atoms with Gasteiger partial charge in [-0.25, -0.2) is 4.79 Å². The lowest BCUT2D eigenvalue weighted by Gasteiger charge is -2.37. The highest BCUT2D eigenvalue weighted by Crippen LogP contribution is 2.24. The van der Waals surface area contributed by atoms with Crippen LogP contribution in [0.3, 0.4) is 0 Å². The Labute approximate surface area is 201 Å². The van der Waals surface area contributed by atoms with E-state index in [-0.39, 0.29) is 17.4 Å². The van der Waals surface area contributed by atoms with Crippen LogP contribution >= 0.6 is 0 Å². The molecule has 1 aromatic carbocycles. The average molecular weight is 471 g/mol. The van der Waals surface area contributed by atoms with Crippen molar-refractivity contribution in [3.8, 4) is 0 Å². The first-order valence-corrected chi connectivity index (χ1v) is 11.5. The number of nitrogens with one attached hydrogen (secondary N) is 2. The Kier molecular flexibility index (Phi) is 8.66. The van der Waals surface area contributed by atoms with Gasteiger partial charge in [0.25, 0.3) is 0 Å². The van der Waals surface area contributed by atoms with Crippen LogP contribution in [-0.4, -0.2) is 57.9 Å². The number of amides is 2. The molecule has 1 unspecified atom stereocenters. The van der Waals surface area contributed by atoms with Crippen LogP contribution < -0.4 is 11.1 Å². The van der Waals surface area contributed by atoms with Crippen molar-refractivity contribution in [2.45, 2.75) is 66.1 Å². The van der Waals surface area contributed by atoms with Gasteiger partial charge < -0.3 is 26.0 Å². The number of nitrogens with zero attached hydrogens (tertiary/aromatic N) is 1. The van der Waals surface area contributed by atoms with Gasteiger partial charge in [0.1, 0.15) is 6.04 Å². The van der Waals surface area contributed by atoms with Crippen LogP contribution in [0.25, 0.3) is 10.9 Å². The van der Waals surface area contributed by atoms with Crippen molar-refractivity contribution in [3.63, 3.8) is 0 Å². The second-order valence-electron chi connectivity index (χ2n) is 10.3. The predicted octanol–water partition coefficient (Wildman–Crippen LogP) is 3.08. The number of carboxylic acid groups (broad SMARTS) is 1. The van der Waals surface area contributed by atoms with E-state index in [9.17, 15) is 19.5 Å². The molecule has 0 radical (unpaired) electrons. The van der Waals surface area contributed by atoms with Crippen LogP contribution in [0.15, 0.2) is 42.1 Å². The average Bonchev–Trinajstić information content (AvgIpc) is 3.16. The van der Waals surface area contributed by atoms with E-state index in [2.05, 4.69) is 10.3 Å². The largest absolute Gasteiger partial charge is 0.478 e. The zero-order chi connectivity index (χ0) is 25.8. The topological polar surface area (TPSA) is 129 Å².